The first kappa shape index (κ1) is 57.9. The van der Waals surface area contributed by atoms with Crippen LogP contribution in [0.4, 0.5) is 0 Å². The molecule has 0 aromatic carbocycles. The Morgan fingerprint density at radius 2 is 0.738 bits per heavy atom. The standard InChI is InChI=1S/C55H94O6/c1-4-7-10-13-16-19-22-25-27-30-33-36-39-42-45-48-54(57)60-51-52(50-59-53(56)47-44-41-38-35-32-29-24-21-18-15-12-9-6-3)61-55(58)49-46-43-40-37-34-31-28-26-23-20-17-14-11-8-5-2/h7,10,13,16,19-20,22-23,29,32,38,41,52H,4-6,8-9,11-12,14-15,17-18,21,24-28,30-31,33-37,39-40,42-51H2,1-3H3/b10-7+,16-13+,22-19+,23-20+,32-29+,41-38+. The molecule has 0 aliphatic heterocycles. The zero-order valence-corrected chi connectivity index (χ0v) is 39.9. The van der Waals surface area contributed by atoms with Gasteiger partial charge < -0.3 is 14.2 Å². The number of ether oxygens (including phenoxy) is 3. The van der Waals surface area contributed by atoms with Gasteiger partial charge in [-0.05, 0) is 83.5 Å². The average Bonchev–Trinajstić information content (AvgIpc) is 3.26. The zero-order chi connectivity index (χ0) is 44.4. The third kappa shape index (κ3) is 47.7. The van der Waals surface area contributed by atoms with Crippen LogP contribution < -0.4 is 0 Å². The molecule has 0 spiro atoms. The Hall–Kier alpha value is -3.15. The van der Waals surface area contributed by atoms with Gasteiger partial charge in [-0.3, -0.25) is 14.4 Å². The van der Waals surface area contributed by atoms with E-state index in [1.165, 1.54) is 128 Å². The van der Waals surface area contributed by atoms with Crippen LogP contribution in [-0.2, 0) is 28.6 Å². The molecule has 0 amide bonds. The molecular formula is C55H94O6. The number of hydrogen-bond donors (Lipinski definition) is 0. The number of hydrogen-bond acceptors (Lipinski definition) is 6. The molecule has 0 N–H and O–H groups in total. The van der Waals surface area contributed by atoms with Gasteiger partial charge in [-0.1, -0.05) is 209 Å². The number of rotatable bonds is 45. The van der Waals surface area contributed by atoms with Gasteiger partial charge in [0.25, 0.3) is 0 Å². The lowest BCUT2D eigenvalue weighted by Gasteiger charge is -2.18. The van der Waals surface area contributed by atoms with Gasteiger partial charge in [0.15, 0.2) is 6.10 Å². The van der Waals surface area contributed by atoms with Crippen molar-refractivity contribution in [3.8, 4) is 0 Å². The molecule has 0 aliphatic carbocycles. The van der Waals surface area contributed by atoms with Crippen molar-refractivity contribution in [2.45, 2.75) is 245 Å². The molecular weight excluding hydrogens is 757 g/mol. The Morgan fingerprint density at radius 1 is 0.361 bits per heavy atom. The summed E-state index contributed by atoms with van der Waals surface area (Å²) in [4.78, 5) is 37.9. The molecule has 0 saturated heterocycles. The molecule has 0 radical (unpaired) electrons. The molecule has 0 aromatic rings. The average molecular weight is 851 g/mol. The maximum Gasteiger partial charge on any atom is 0.306 e. The van der Waals surface area contributed by atoms with Crippen LogP contribution in [0.5, 0.6) is 0 Å². The van der Waals surface area contributed by atoms with E-state index in [-0.39, 0.29) is 37.5 Å². The van der Waals surface area contributed by atoms with Crippen LogP contribution in [-0.4, -0.2) is 37.2 Å². The quantitative estimate of drug-likeness (QED) is 0.0200. The topological polar surface area (TPSA) is 78.9 Å². The number of carbonyl (C=O) groups excluding carboxylic acids is 3. The van der Waals surface area contributed by atoms with Crippen LogP contribution in [0.25, 0.3) is 0 Å². The molecule has 0 aliphatic rings. The molecule has 61 heavy (non-hydrogen) atoms. The molecule has 6 nitrogen and oxygen atoms in total. The van der Waals surface area contributed by atoms with E-state index in [4.69, 9.17) is 14.2 Å². The van der Waals surface area contributed by atoms with Crippen molar-refractivity contribution in [3.63, 3.8) is 0 Å². The van der Waals surface area contributed by atoms with Crippen molar-refractivity contribution in [3.05, 3.63) is 72.9 Å². The van der Waals surface area contributed by atoms with Gasteiger partial charge in [-0.2, -0.15) is 0 Å². The summed E-state index contributed by atoms with van der Waals surface area (Å²) in [5.41, 5.74) is 0. The second-order valence-corrected chi connectivity index (χ2v) is 16.7. The monoisotopic (exact) mass is 851 g/mol. The smallest absolute Gasteiger partial charge is 0.306 e. The van der Waals surface area contributed by atoms with Crippen molar-refractivity contribution >= 4 is 17.9 Å². The minimum atomic E-state index is -0.804. The molecule has 0 bridgehead atoms. The summed E-state index contributed by atoms with van der Waals surface area (Å²) >= 11 is 0. The molecule has 0 rings (SSSR count). The van der Waals surface area contributed by atoms with Gasteiger partial charge in [0.1, 0.15) is 13.2 Å². The first-order valence-corrected chi connectivity index (χ1v) is 25.5. The molecule has 1 atom stereocenters. The Morgan fingerprint density at radius 3 is 1.25 bits per heavy atom. The summed E-state index contributed by atoms with van der Waals surface area (Å²) < 4.78 is 16.7. The van der Waals surface area contributed by atoms with E-state index in [1.807, 2.05) is 6.08 Å². The highest BCUT2D eigenvalue weighted by Gasteiger charge is 2.19. The van der Waals surface area contributed by atoms with E-state index >= 15 is 0 Å². The minimum absolute atomic E-state index is 0.101. The van der Waals surface area contributed by atoms with E-state index in [0.29, 0.717) is 19.3 Å². The summed E-state index contributed by atoms with van der Waals surface area (Å²) in [6.07, 6.45) is 61.8. The van der Waals surface area contributed by atoms with Crippen LogP contribution in [0.3, 0.4) is 0 Å². The van der Waals surface area contributed by atoms with E-state index in [0.717, 1.165) is 64.2 Å². The third-order valence-electron chi connectivity index (χ3n) is 10.7. The van der Waals surface area contributed by atoms with Crippen molar-refractivity contribution in [2.24, 2.45) is 0 Å². The van der Waals surface area contributed by atoms with E-state index in [2.05, 4.69) is 87.6 Å². The minimum Gasteiger partial charge on any atom is -0.462 e. The van der Waals surface area contributed by atoms with E-state index in [9.17, 15) is 14.4 Å². The predicted molar refractivity (Wildman–Crippen MR) is 261 cm³/mol. The fourth-order valence-corrected chi connectivity index (χ4v) is 6.90. The normalized spacial score (nSPS) is 12.6. The second-order valence-electron chi connectivity index (χ2n) is 16.7. The fourth-order valence-electron chi connectivity index (χ4n) is 6.90. The lowest BCUT2D eigenvalue weighted by atomic mass is 10.1. The van der Waals surface area contributed by atoms with Gasteiger partial charge in [0, 0.05) is 19.3 Å². The van der Waals surface area contributed by atoms with Crippen molar-refractivity contribution in [1.29, 1.82) is 0 Å². The Balaban J connectivity index is 4.46. The molecule has 0 fully saturated rings. The van der Waals surface area contributed by atoms with Crippen LogP contribution in [0.1, 0.15) is 239 Å². The Bertz CT molecular complexity index is 1160. The van der Waals surface area contributed by atoms with Gasteiger partial charge in [0.05, 0.1) is 0 Å². The van der Waals surface area contributed by atoms with Gasteiger partial charge in [-0.15, -0.1) is 0 Å². The van der Waals surface area contributed by atoms with Crippen LogP contribution >= 0.6 is 0 Å². The van der Waals surface area contributed by atoms with Crippen molar-refractivity contribution < 1.29 is 28.6 Å². The summed E-state index contributed by atoms with van der Waals surface area (Å²) in [7, 11) is 0. The molecule has 6 heteroatoms. The Labute approximate surface area is 376 Å². The maximum atomic E-state index is 12.8. The predicted octanol–water partition coefficient (Wildman–Crippen LogP) is 16.6. The molecule has 350 valence electrons. The third-order valence-corrected chi connectivity index (χ3v) is 10.7. The summed E-state index contributed by atoms with van der Waals surface area (Å²) in [6.45, 7) is 6.42. The van der Waals surface area contributed by atoms with Crippen LogP contribution in [0.15, 0.2) is 72.9 Å². The summed E-state index contributed by atoms with van der Waals surface area (Å²) in [5.74, 6) is -0.986. The second kappa shape index (κ2) is 49.5. The summed E-state index contributed by atoms with van der Waals surface area (Å²) in [5, 5.41) is 0. The van der Waals surface area contributed by atoms with E-state index in [1.54, 1.807) is 0 Å². The molecule has 0 aromatic heterocycles. The highest BCUT2D eigenvalue weighted by atomic mass is 16.6. The van der Waals surface area contributed by atoms with Crippen molar-refractivity contribution in [2.75, 3.05) is 13.2 Å². The maximum absolute atomic E-state index is 12.8. The number of allylic oxidation sites excluding steroid dienone is 12. The lowest BCUT2D eigenvalue weighted by molar-refractivity contribution is -0.166. The summed E-state index contributed by atoms with van der Waals surface area (Å²) in [6, 6.07) is 0. The van der Waals surface area contributed by atoms with Crippen LogP contribution in [0, 0.1) is 0 Å². The first-order chi connectivity index (χ1) is 30.0. The highest BCUT2D eigenvalue weighted by molar-refractivity contribution is 5.71. The van der Waals surface area contributed by atoms with E-state index < -0.39 is 6.10 Å². The Kier molecular flexibility index (Phi) is 46.9. The van der Waals surface area contributed by atoms with Crippen LogP contribution in [0.2, 0.25) is 0 Å². The highest BCUT2D eigenvalue weighted by Crippen LogP contribution is 2.14. The molecule has 1 unspecified atom stereocenters. The lowest BCUT2D eigenvalue weighted by Crippen LogP contribution is -2.30. The number of esters is 3. The van der Waals surface area contributed by atoms with Gasteiger partial charge >= 0.3 is 17.9 Å². The molecule has 0 heterocycles. The van der Waals surface area contributed by atoms with Crippen molar-refractivity contribution in [1.82, 2.24) is 0 Å². The zero-order valence-electron chi connectivity index (χ0n) is 39.9. The van der Waals surface area contributed by atoms with Gasteiger partial charge in [0.2, 0.25) is 0 Å². The molecule has 0 saturated carbocycles. The first-order valence-electron chi connectivity index (χ1n) is 25.5. The van der Waals surface area contributed by atoms with Gasteiger partial charge in [-0.25, -0.2) is 0 Å². The SMILES string of the molecule is CC/C=C/C=C/C=C/CCCCCCCCCC(=O)OCC(COC(=O)CC/C=C/C/C=C/CCCCCCCC)OC(=O)CCCCCCCCC/C=C/CCCCCC. The number of unbranched alkanes of at least 4 members (excludes halogenated alkanes) is 24. The fraction of sp³-hybridized carbons (Fsp3) is 0.727. The number of carbonyl (C=O) groups is 3. The largest absolute Gasteiger partial charge is 0.462 e.